The molecule has 0 aromatic carbocycles. The third-order valence-corrected chi connectivity index (χ3v) is 5.36. The van der Waals surface area contributed by atoms with Gasteiger partial charge in [0.25, 0.3) is 0 Å². The number of rotatable bonds is 4. The van der Waals surface area contributed by atoms with Crippen LogP contribution in [-0.2, 0) is 11.3 Å². The highest BCUT2D eigenvalue weighted by molar-refractivity contribution is 7.09. The highest BCUT2D eigenvalue weighted by atomic mass is 32.1. The van der Waals surface area contributed by atoms with Gasteiger partial charge in [0.05, 0.1) is 24.3 Å². The monoisotopic (exact) mass is 353 g/mol. The van der Waals surface area contributed by atoms with Crippen molar-refractivity contribution in [1.82, 2.24) is 20.3 Å². The number of carbonyl (C=O) groups is 1. The second-order valence-electron chi connectivity index (χ2n) is 6.17. The molecule has 0 saturated carbocycles. The second-order valence-corrected chi connectivity index (χ2v) is 7.21. The summed E-state index contributed by atoms with van der Waals surface area (Å²) in [4.78, 5) is 28.8. The summed E-state index contributed by atoms with van der Waals surface area (Å²) >= 11 is 1.66. The predicted molar refractivity (Wildman–Crippen MR) is 98.4 cm³/mol. The Kier molecular flexibility index (Phi) is 4.56. The minimum atomic E-state index is 0.00580. The molecule has 128 valence electrons. The molecule has 25 heavy (non-hydrogen) atoms. The number of aromatic nitrogens is 3. The van der Waals surface area contributed by atoms with Crippen molar-refractivity contribution < 1.29 is 4.79 Å². The maximum absolute atomic E-state index is 12.5. The van der Waals surface area contributed by atoms with Gasteiger partial charge in [0, 0.05) is 30.4 Å². The van der Waals surface area contributed by atoms with Crippen LogP contribution >= 0.6 is 11.3 Å². The van der Waals surface area contributed by atoms with Crippen LogP contribution in [0.2, 0.25) is 0 Å². The summed E-state index contributed by atoms with van der Waals surface area (Å²) in [6.07, 6.45) is 7.06. The van der Waals surface area contributed by atoms with Crippen molar-refractivity contribution in [3.63, 3.8) is 0 Å². The second kappa shape index (κ2) is 7.14. The van der Waals surface area contributed by atoms with E-state index in [1.165, 1.54) is 4.88 Å². The molecule has 6 nitrogen and oxygen atoms in total. The Morgan fingerprint density at radius 3 is 3.12 bits per heavy atom. The topological polar surface area (TPSA) is 71.0 Å². The summed E-state index contributed by atoms with van der Waals surface area (Å²) in [6.45, 7) is 2.26. The first-order valence-corrected chi connectivity index (χ1v) is 9.29. The molecule has 7 heteroatoms. The van der Waals surface area contributed by atoms with Gasteiger partial charge in [0.2, 0.25) is 5.91 Å². The molecule has 4 heterocycles. The molecule has 1 aliphatic rings. The lowest BCUT2D eigenvalue weighted by Gasteiger charge is -2.33. The van der Waals surface area contributed by atoms with Crippen molar-refractivity contribution in [3.8, 4) is 0 Å². The van der Waals surface area contributed by atoms with Crippen LogP contribution < -0.4 is 10.2 Å². The van der Waals surface area contributed by atoms with E-state index in [4.69, 9.17) is 0 Å². The van der Waals surface area contributed by atoms with Crippen molar-refractivity contribution >= 4 is 34.1 Å². The fourth-order valence-corrected chi connectivity index (χ4v) is 3.82. The number of nitrogens with one attached hydrogen (secondary N) is 1. The lowest BCUT2D eigenvalue weighted by molar-refractivity contribution is -0.125. The van der Waals surface area contributed by atoms with E-state index in [9.17, 15) is 4.79 Å². The van der Waals surface area contributed by atoms with E-state index in [-0.39, 0.29) is 11.8 Å². The lowest BCUT2D eigenvalue weighted by Crippen LogP contribution is -2.43. The number of piperidine rings is 1. The molecule has 1 amide bonds. The van der Waals surface area contributed by atoms with E-state index in [1.807, 2.05) is 29.8 Å². The zero-order valence-corrected chi connectivity index (χ0v) is 14.6. The maximum atomic E-state index is 12.5. The molecule has 1 N–H and O–H groups in total. The Balaban J connectivity index is 1.43. The summed E-state index contributed by atoms with van der Waals surface area (Å²) in [6, 6.07) is 6.05. The average Bonchev–Trinajstić information content (AvgIpc) is 3.19. The third kappa shape index (κ3) is 3.61. The summed E-state index contributed by atoms with van der Waals surface area (Å²) in [5, 5.41) is 5.09. The van der Waals surface area contributed by atoms with Gasteiger partial charge in [-0.15, -0.1) is 11.3 Å². The minimum Gasteiger partial charge on any atom is -0.369 e. The highest BCUT2D eigenvalue weighted by Crippen LogP contribution is 2.24. The van der Waals surface area contributed by atoms with Gasteiger partial charge in [0.1, 0.15) is 5.52 Å². The molecule has 1 aliphatic heterocycles. The average molecular weight is 353 g/mol. The van der Waals surface area contributed by atoms with E-state index in [2.05, 4.69) is 25.2 Å². The molecular weight excluding hydrogens is 334 g/mol. The van der Waals surface area contributed by atoms with Crippen LogP contribution in [0.25, 0.3) is 11.2 Å². The number of nitrogens with zero attached hydrogens (tertiary/aromatic N) is 4. The molecule has 0 spiro atoms. The summed E-state index contributed by atoms with van der Waals surface area (Å²) < 4.78 is 0. The number of amides is 1. The Morgan fingerprint density at radius 2 is 2.24 bits per heavy atom. The van der Waals surface area contributed by atoms with E-state index >= 15 is 0 Å². The molecule has 1 saturated heterocycles. The van der Waals surface area contributed by atoms with Crippen LogP contribution in [0, 0.1) is 5.92 Å². The van der Waals surface area contributed by atoms with Crippen molar-refractivity contribution in [2.24, 2.45) is 5.92 Å². The molecule has 3 aromatic rings. The normalized spacial score (nSPS) is 17.6. The Bertz CT molecular complexity index is 867. The molecule has 4 rings (SSSR count). The lowest BCUT2D eigenvalue weighted by atomic mass is 9.96. The summed E-state index contributed by atoms with van der Waals surface area (Å²) in [5.41, 5.74) is 2.43. The van der Waals surface area contributed by atoms with Gasteiger partial charge >= 0.3 is 0 Å². The van der Waals surface area contributed by atoms with Crippen LogP contribution in [0.15, 0.2) is 42.2 Å². The van der Waals surface area contributed by atoms with Gasteiger partial charge in [-0.1, -0.05) is 6.07 Å². The predicted octanol–water partition coefficient (Wildman–Crippen LogP) is 2.62. The number of anilines is 1. The van der Waals surface area contributed by atoms with Gasteiger partial charge in [-0.05, 0) is 30.4 Å². The number of pyridine rings is 1. The molecule has 0 radical (unpaired) electrons. The van der Waals surface area contributed by atoms with Gasteiger partial charge in [-0.25, -0.2) is 9.97 Å². The Morgan fingerprint density at radius 1 is 1.32 bits per heavy atom. The smallest absolute Gasteiger partial charge is 0.225 e. The highest BCUT2D eigenvalue weighted by Gasteiger charge is 2.26. The molecule has 1 atom stereocenters. The Hall–Kier alpha value is -2.54. The molecule has 0 aliphatic carbocycles. The molecule has 0 bridgehead atoms. The van der Waals surface area contributed by atoms with E-state index < -0.39 is 0 Å². The fraction of sp³-hybridized carbons (Fsp3) is 0.333. The van der Waals surface area contributed by atoms with Crippen LogP contribution in [-0.4, -0.2) is 33.9 Å². The molecule has 0 unspecified atom stereocenters. The first-order valence-electron chi connectivity index (χ1n) is 8.41. The number of thiophene rings is 1. The van der Waals surface area contributed by atoms with E-state index in [0.717, 1.165) is 30.6 Å². The number of carbonyl (C=O) groups excluding carboxylic acids is 1. The Labute approximate surface area is 149 Å². The zero-order valence-electron chi connectivity index (χ0n) is 13.8. The van der Waals surface area contributed by atoms with Crippen molar-refractivity contribution in [1.29, 1.82) is 0 Å². The SMILES string of the molecule is O=C(NCc1cccs1)[C@H]1CCCN(c2cnc3nccnc3c2)C1. The van der Waals surface area contributed by atoms with E-state index in [0.29, 0.717) is 18.7 Å². The minimum absolute atomic E-state index is 0.00580. The summed E-state index contributed by atoms with van der Waals surface area (Å²) in [7, 11) is 0. The molecule has 3 aromatic heterocycles. The molecule has 1 fully saturated rings. The standard InChI is InChI=1S/C18H19N5OS/c24-18(22-11-15-4-2-8-25-15)13-3-1-7-23(12-13)14-9-16-17(21-10-14)20-6-5-19-16/h2,4-6,8-10,13H,1,3,7,11-12H2,(H,22,24)/t13-/m0/s1. The summed E-state index contributed by atoms with van der Waals surface area (Å²) in [5.74, 6) is 0.137. The van der Waals surface area contributed by atoms with Crippen molar-refractivity contribution in [2.45, 2.75) is 19.4 Å². The van der Waals surface area contributed by atoms with Gasteiger partial charge in [-0.3, -0.25) is 9.78 Å². The largest absolute Gasteiger partial charge is 0.369 e. The number of hydrogen-bond acceptors (Lipinski definition) is 6. The first-order chi connectivity index (χ1) is 12.3. The quantitative estimate of drug-likeness (QED) is 0.781. The first kappa shape index (κ1) is 16.0. The van der Waals surface area contributed by atoms with E-state index in [1.54, 1.807) is 23.7 Å². The third-order valence-electron chi connectivity index (χ3n) is 4.48. The van der Waals surface area contributed by atoms with Gasteiger partial charge in [-0.2, -0.15) is 0 Å². The van der Waals surface area contributed by atoms with Crippen molar-refractivity contribution in [2.75, 3.05) is 18.0 Å². The molecular formula is C18H19N5OS. The zero-order chi connectivity index (χ0) is 17.1. The van der Waals surface area contributed by atoms with Crippen LogP contribution in [0.1, 0.15) is 17.7 Å². The van der Waals surface area contributed by atoms with Gasteiger partial charge < -0.3 is 10.2 Å². The van der Waals surface area contributed by atoms with Crippen LogP contribution in [0.4, 0.5) is 5.69 Å². The fourth-order valence-electron chi connectivity index (χ4n) is 3.18. The maximum Gasteiger partial charge on any atom is 0.225 e. The number of fused-ring (bicyclic) bond motifs is 1. The number of hydrogen-bond donors (Lipinski definition) is 1. The van der Waals surface area contributed by atoms with Crippen LogP contribution in [0.3, 0.4) is 0 Å². The van der Waals surface area contributed by atoms with Gasteiger partial charge in [0.15, 0.2) is 5.65 Å². The van der Waals surface area contributed by atoms with Crippen molar-refractivity contribution in [3.05, 3.63) is 47.0 Å². The van der Waals surface area contributed by atoms with Crippen LogP contribution in [0.5, 0.6) is 0 Å².